The van der Waals surface area contributed by atoms with E-state index in [1.807, 2.05) is 6.07 Å². The number of carbonyl (C=O) groups is 1. The van der Waals surface area contributed by atoms with Crippen LogP contribution in [0.25, 0.3) is 0 Å². The van der Waals surface area contributed by atoms with Gasteiger partial charge in [0.15, 0.2) is 0 Å². The van der Waals surface area contributed by atoms with Crippen molar-refractivity contribution in [2.75, 3.05) is 17.2 Å². The van der Waals surface area contributed by atoms with Crippen LogP contribution in [0.1, 0.15) is 23.8 Å². The summed E-state index contributed by atoms with van der Waals surface area (Å²) in [6.07, 6.45) is 2.60. The molecular formula is C10H12N6OS. The molecule has 0 bridgehead atoms. The van der Waals surface area contributed by atoms with Crippen LogP contribution in [0.3, 0.4) is 0 Å². The number of hydrogen-bond donors (Lipinski definition) is 2. The Morgan fingerprint density at radius 3 is 3.11 bits per heavy atom. The molecule has 0 unspecified atom stereocenters. The molecule has 2 aromatic rings. The van der Waals surface area contributed by atoms with Crippen LogP contribution in [0.2, 0.25) is 0 Å². The van der Waals surface area contributed by atoms with E-state index in [0.29, 0.717) is 10.8 Å². The van der Waals surface area contributed by atoms with E-state index >= 15 is 0 Å². The monoisotopic (exact) mass is 264 g/mol. The second-order valence-corrected chi connectivity index (χ2v) is 4.21. The normalized spacial score (nSPS) is 10.1. The molecule has 2 aromatic heterocycles. The Balaban J connectivity index is 2.05. The predicted molar refractivity (Wildman–Crippen MR) is 68.7 cm³/mol. The summed E-state index contributed by atoms with van der Waals surface area (Å²) in [6, 6.07) is 3.51. The highest BCUT2D eigenvalue weighted by molar-refractivity contribution is 7.09. The highest BCUT2D eigenvalue weighted by atomic mass is 32.1. The summed E-state index contributed by atoms with van der Waals surface area (Å²) in [5.41, 5.74) is 1.19. The first kappa shape index (κ1) is 12.4. The summed E-state index contributed by atoms with van der Waals surface area (Å²) < 4.78 is 3.56. The molecule has 0 saturated carbocycles. The Morgan fingerprint density at radius 2 is 2.39 bits per heavy atom. The Labute approximate surface area is 108 Å². The zero-order chi connectivity index (χ0) is 12.8. The predicted octanol–water partition coefficient (Wildman–Crippen LogP) is 1.40. The van der Waals surface area contributed by atoms with E-state index in [9.17, 15) is 4.79 Å². The maximum Gasteiger partial charge on any atom is 0.276 e. The Hall–Kier alpha value is -2.09. The van der Waals surface area contributed by atoms with Crippen molar-refractivity contribution in [1.29, 1.82) is 0 Å². The topological polar surface area (TPSA) is 92.7 Å². The van der Waals surface area contributed by atoms with Gasteiger partial charge in [-0.2, -0.15) is 0 Å². The third kappa shape index (κ3) is 3.20. The first-order chi connectivity index (χ1) is 8.79. The van der Waals surface area contributed by atoms with E-state index in [2.05, 4.69) is 37.3 Å². The van der Waals surface area contributed by atoms with E-state index in [4.69, 9.17) is 0 Å². The van der Waals surface area contributed by atoms with Gasteiger partial charge in [-0.15, -0.1) is 0 Å². The van der Waals surface area contributed by atoms with Gasteiger partial charge in [-0.1, -0.05) is 16.5 Å². The van der Waals surface area contributed by atoms with Gasteiger partial charge in [0.1, 0.15) is 5.69 Å². The van der Waals surface area contributed by atoms with Crippen molar-refractivity contribution in [3.8, 4) is 0 Å². The van der Waals surface area contributed by atoms with Crippen LogP contribution in [-0.2, 0) is 0 Å². The highest BCUT2D eigenvalue weighted by Crippen LogP contribution is 2.11. The fourth-order valence-corrected chi connectivity index (χ4v) is 1.64. The molecular weight excluding hydrogens is 252 g/mol. The Kier molecular flexibility index (Phi) is 4.13. The van der Waals surface area contributed by atoms with Crippen LogP contribution in [0.5, 0.6) is 0 Å². The molecule has 2 rings (SSSR count). The molecule has 0 atom stereocenters. The number of nitrogens with zero attached hydrogens (tertiary/aromatic N) is 4. The quantitative estimate of drug-likeness (QED) is 0.848. The first-order valence-corrected chi connectivity index (χ1v) is 6.23. The average Bonchev–Trinajstić information content (AvgIpc) is 2.89. The molecule has 0 aliphatic rings. The van der Waals surface area contributed by atoms with Crippen molar-refractivity contribution in [3.63, 3.8) is 0 Å². The second kappa shape index (κ2) is 6.01. The van der Waals surface area contributed by atoms with E-state index in [1.54, 1.807) is 12.3 Å². The van der Waals surface area contributed by atoms with Gasteiger partial charge < -0.3 is 5.32 Å². The lowest BCUT2D eigenvalue weighted by Gasteiger charge is -2.05. The van der Waals surface area contributed by atoms with Crippen molar-refractivity contribution in [2.45, 2.75) is 13.3 Å². The van der Waals surface area contributed by atoms with Crippen molar-refractivity contribution in [2.24, 2.45) is 0 Å². The molecule has 0 fully saturated rings. The standard InChI is InChI=1S/C10H12N6OS/c1-2-4-11-7-3-5-12-8(6-7)9(17)13-10-14-15-16-18-10/h3,5-6H,2,4H2,1H3,(H,11,12)(H,13,14,16,17). The first-order valence-electron chi connectivity index (χ1n) is 5.46. The number of rotatable bonds is 5. The molecule has 1 amide bonds. The molecule has 0 aliphatic heterocycles. The number of pyridine rings is 1. The molecule has 0 radical (unpaired) electrons. The highest BCUT2D eigenvalue weighted by Gasteiger charge is 2.10. The third-order valence-electron chi connectivity index (χ3n) is 2.09. The third-order valence-corrected chi connectivity index (χ3v) is 2.60. The number of aromatic nitrogens is 4. The summed E-state index contributed by atoms with van der Waals surface area (Å²) in [6.45, 7) is 2.93. The van der Waals surface area contributed by atoms with Crippen LogP contribution >= 0.6 is 11.5 Å². The van der Waals surface area contributed by atoms with Gasteiger partial charge in [0.05, 0.1) is 0 Å². The largest absolute Gasteiger partial charge is 0.385 e. The Bertz CT molecular complexity index is 515. The Morgan fingerprint density at radius 1 is 1.50 bits per heavy atom. The molecule has 0 aliphatic carbocycles. The molecule has 8 heteroatoms. The molecule has 0 spiro atoms. The van der Waals surface area contributed by atoms with E-state index in [-0.39, 0.29) is 5.91 Å². The maximum atomic E-state index is 11.8. The van der Waals surface area contributed by atoms with Crippen molar-refractivity contribution < 1.29 is 4.79 Å². The van der Waals surface area contributed by atoms with E-state index < -0.39 is 0 Å². The van der Waals surface area contributed by atoms with Gasteiger partial charge in [0, 0.05) is 30.0 Å². The lowest BCUT2D eigenvalue weighted by molar-refractivity contribution is 0.102. The van der Waals surface area contributed by atoms with Gasteiger partial charge in [0.2, 0.25) is 5.13 Å². The molecule has 0 aromatic carbocycles. The summed E-state index contributed by atoms with van der Waals surface area (Å²) >= 11 is 1.02. The fraction of sp³-hybridized carbons (Fsp3) is 0.300. The molecule has 2 N–H and O–H groups in total. The minimum absolute atomic E-state index is 0.325. The lowest BCUT2D eigenvalue weighted by Crippen LogP contribution is -2.14. The number of hydrogen-bond acceptors (Lipinski definition) is 7. The van der Waals surface area contributed by atoms with Gasteiger partial charge in [-0.05, 0) is 23.8 Å². The number of amides is 1. The van der Waals surface area contributed by atoms with E-state index in [1.165, 1.54) is 0 Å². The zero-order valence-electron chi connectivity index (χ0n) is 9.75. The minimum Gasteiger partial charge on any atom is -0.385 e. The lowest BCUT2D eigenvalue weighted by atomic mass is 10.3. The summed E-state index contributed by atoms with van der Waals surface area (Å²) in [5.74, 6) is -0.325. The van der Waals surface area contributed by atoms with Crippen molar-refractivity contribution in [1.82, 2.24) is 19.8 Å². The van der Waals surface area contributed by atoms with Crippen LogP contribution in [0, 0.1) is 0 Å². The van der Waals surface area contributed by atoms with Crippen LogP contribution in [-0.4, -0.2) is 32.2 Å². The van der Waals surface area contributed by atoms with E-state index in [0.717, 1.165) is 30.2 Å². The average molecular weight is 264 g/mol. The SMILES string of the molecule is CCCNc1ccnc(C(=O)Nc2nnns2)c1. The van der Waals surface area contributed by atoms with Gasteiger partial charge in [-0.3, -0.25) is 15.1 Å². The molecule has 2 heterocycles. The number of carbonyl (C=O) groups excluding carboxylic acids is 1. The minimum atomic E-state index is -0.325. The zero-order valence-corrected chi connectivity index (χ0v) is 10.6. The van der Waals surface area contributed by atoms with Crippen molar-refractivity contribution in [3.05, 3.63) is 24.0 Å². The smallest absolute Gasteiger partial charge is 0.276 e. The second-order valence-electron chi connectivity index (χ2n) is 3.48. The number of anilines is 2. The van der Waals surface area contributed by atoms with Crippen LogP contribution in [0.15, 0.2) is 18.3 Å². The van der Waals surface area contributed by atoms with Crippen LogP contribution < -0.4 is 10.6 Å². The molecule has 0 saturated heterocycles. The van der Waals surface area contributed by atoms with Crippen molar-refractivity contribution >= 4 is 28.3 Å². The van der Waals surface area contributed by atoms with Gasteiger partial charge in [-0.25, -0.2) is 0 Å². The van der Waals surface area contributed by atoms with Gasteiger partial charge in [0.25, 0.3) is 5.91 Å². The summed E-state index contributed by atoms with van der Waals surface area (Å²) in [5, 5.41) is 13.2. The van der Waals surface area contributed by atoms with Gasteiger partial charge >= 0.3 is 0 Å². The number of nitrogens with one attached hydrogen (secondary N) is 2. The molecule has 18 heavy (non-hydrogen) atoms. The molecule has 7 nitrogen and oxygen atoms in total. The summed E-state index contributed by atoms with van der Waals surface area (Å²) in [7, 11) is 0. The summed E-state index contributed by atoms with van der Waals surface area (Å²) in [4.78, 5) is 15.9. The fourth-order valence-electron chi connectivity index (χ4n) is 1.28. The molecule has 94 valence electrons. The van der Waals surface area contributed by atoms with Crippen LogP contribution in [0.4, 0.5) is 10.8 Å². The maximum absolute atomic E-state index is 11.8.